The number of nitrogens with zero attached hydrogens (tertiary/aromatic N) is 4. The van der Waals surface area contributed by atoms with Crippen molar-refractivity contribution in [2.24, 2.45) is 0 Å². The average molecular weight is 352 g/mol. The van der Waals surface area contributed by atoms with Gasteiger partial charge in [-0.15, -0.1) is 0 Å². The van der Waals surface area contributed by atoms with Crippen LogP contribution in [0.25, 0.3) is 0 Å². The summed E-state index contributed by atoms with van der Waals surface area (Å²) in [6, 6.07) is 7.00. The second-order valence-electron chi connectivity index (χ2n) is 6.16. The predicted octanol–water partition coefficient (Wildman–Crippen LogP) is 2.70. The number of β-amino-alcohol motifs (C(OH)–C–C–N with tert-alkyl or cyclic N) is 1. The second-order valence-corrected chi connectivity index (χ2v) is 6.16. The van der Waals surface area contributed by atoms with Crippen LogP contribution in [0.1, 0.15) is 17.5 Å². The Bertz CT molecular complexity index is 738. The number of aliphatic hydroxyl groups is 1. The molecule has 0 spiro atoms. The molecule has 1 aromatic heterocycles. The molecule has 3 rings (SSSR count). The molecular formula is C17H19F3N4O. The van der Waals surface area contributed by atoms with Gasteiger partial charge in [-0.05, 0) is 30.2 Å². The van der Waals surface area contributed by atoms with Crippen molar-refractivity contribution >= 4 is 11.8 Å². The molecule has 25 heavy (non-hydrogen) atoms. The van der Waals surface area contributed by atoms with Crippen LogP contribution in [0.15, 0.2) is 36.5 Å². The molecule has 2 aromatic rings. The maximum Gasteiger partial charge on any atom is 0.416 e. The minimum absolute atomic E-state index is 0.260. The number of benzene rings is 1. The first-order chi connectivity index (χ1) is 11.8. The Morgan fingerprint density at radius 1 is 1.32 bits per heavy atom. The molecule has 1 N–H and O–H groups in total. The zero-order chi connectivity index (χ0) is 18.0. The molecule has 0 aliphatic carbocycles. The van der Waals surface area contributed by atoms with Crippen molar-refractivity contribution in [3.8, 4) is 0 Å². The van der Waals surface area contributed by atoms with Crippen molar-refractivity contribution in [2.45, 2.75) is 25.2 Å². The number of hydrogen-bond donors (Lipinski definition) is 1. The lowest BCUT2D eigenvalue weighted by Gasteiger charge is -2.21. The molecule has 1 aliphatic heterocycles. The van der Waals surface area contributed by atoms with E-state index in [1.54, 1.807) is 30.3 Å². The van der Waals surface area contributed by atoms with Crippen LogP contribution in [-0.4, -0.2) is 41.3 Å². The van der Waals surface area contributed by atoms with Crippen molar-refractivity contribution in [3.63, 3.8) is 0 Å². The van der Waals surface area contributed by atoms with Gasteiger partial charge in [0.15, 0.2) is 0 Å². The quantitative estimate of drug-likeness (QED) is 0.917. The van der Waals surface area contributed by atoms with Gasteiger partial charge in [0, 0.05) is 32.9 Å². The standard InChI is InChI=1S/C17H19F3N4O/c1-23(10-12-3-2-4-13(9-12)17(18,19)20)16-21-7-5-15(22-16)24-8-6-14(25)11-24/h2-5,7,9,14,25H,6,8,10-11H2,1H3. The smallest absolute Gasteiger partial charge is 0.391 e. The molecule has 1 fully saturated rings. The van der Waals surface area contributed by atoms with Crippen LogP contribution < -0.4 is 9.80 Å². The van der Waals surface area contributed by atoms with E-state index in [9.17, 15) is 18.3 Å². The molecule has 1 saturated heterocycles. The van der Waals surface area contributed by atoms with Crippen molar-refractivity contribution in [3.05, 3.63) is 47.7 Å². The molecule has 1 atom stereocenters. The molecule has 134 valence electrons. The third kappa shape index (κ3) is 4.19. The van der Waals surface area contributed by atoms with Gasteiger partial charge in [0.05, 0.1) is 11.7 Å². The Balaban J connectivity index is 1.74. The number of rotatable bonds is 4. The van der Waals surface area contributed by atoms with Crippen LogP contribution in [0, 0.1) is 0 Å². The van der Waals surface area contributed by atoms with E-state index in [0.29, 0.717) is 30.3 Å². The molecule has 8 heteroatoms. The Kier molecular flexibility index (Phi) is 4.80. The van der Waals surface area contributed by atoms with Gasteiger partial charge in [-0.3, -0.25) is 0 Å². The van der Waals surface area contributed by atoms with Gasteiger partial charge in [0.2, 0.25) is 5.95 Å². The van der Waals surface area contributed by atoms with Gasteiger partial charge >= 0.3 is 6.18 Å². The first-order valence-corrected chi connectivity index (χ1v) is 7.96. The summed E-state index contributed by atoms with van der Waals surface area (Å²) in [6.45, 7) is 1.50. The van der Waals surface area contributed by atoms with Crippen molar-refractivity contribution in [2.75, 3.05) is 29.9 Å². The van der Waals surface area contributed by atoms with Gasteiger partial charge in [0.1, 0.15) is 5.82 Å². The topological polar surface area (TPSA) is 52.5 Å². The lowest BCUT2D eigenvalue weighted by Crippen LogP contribution is -2.24. The first kappa shape index (κ1) is 17.5. The van der Waals surface area contributed by atoms with Gasteiger partial charge in [-0.2, -0.15) is 18.2 Å². The van der Waals surface area contributed by atoms with E-state index in [0.717, 1.165) is 18.7 Å². The summed E-state index contributed by atoms with van der Waals surface area (Å²) in [4.78, 5) is 12.3. The highest BCUT2D eigenvalue weighted by atomic mass is 19.4. The Hall–Kier alpha value is -2.35. The third-order valence-corrected chi connectivity index (χ3v) is 4.13. The number of anilines is 2. The number of hydrogen-bond acceptors (Lipinski definition) is 5. The minimum atomic E-state index is -4.36. The Morgan fingerprint density at radius 2 is 2.12 bits per heavy atom. The Labute approximate surface area is 143 Å². The average Bonchev–Trinajstić information content (AvgIpc) is 3.01. The SMILES string of the molecule is CN(Cc1cccc(C(F)(F)F)c1)c1nccc(N2CCC(O)C2)n1. The van der Waals surface area contributed by atoms with Crippen molar-refractivity contribution in [1.29, 1.82) is 0 Å². The molecule has 1 aromatic carbocycles. The van der Waals surface area contributed by atoms with Crippen LogP contribution in [0.3, 0.4) is 0 Å². The normalized spacial score (nSPS) is 17.8. The number of aliphatic hydroxyl groups excluding tert-OH is 1. The molecule has 0 radical (unpaired) electrons. The van der Waals surface area contributed by atoms with E-state index < -0.39 is 11.7 Å². The van der Waals surface area contributed by atoms with E-state index in [4.69, 9.17) is 0 Å². The molecular weight excluding hydrogens is 333 g/mol. The van der Waals surface area contributed by atoms with Gasteiger partial charge in [0.25, 0.3) is 0 Å². The van der Waals surface area contributed by atoms with Crippen LogP contribution >= 0.6 is 0 Å². The minimum Gasteiger partial charge on any atom is -0.391 e. The molecule has 5 nitrogen and oxygen atoms in total. The van der Waals surface area contributed by atoms with E-state index in [-0.39, 0.29) is 12.6 Å². The number of alkyl halides is 3. The highest BCUT2D eigenvalue weighted by Crippen LogP contribution is 2.30. The van der Waals surface area contributed by atoms with Crippen LogP contribution in [0.4, 0.5) is 24.9 Å². The first-order valence-electron chi connectivity index (χ1n) is 7.96. The largest absolute Gasteiger partial charge is 0.416 e. The Morgan fingerprint density at radius 3 is 2.80 bits per heavy atom. The summed E-state index contributed by atoms with van der Waals surface area (Å²) in [5.74, 6) is 1.13. The fourth-order valence-electron chi connectivity index (χ4n) is 2.84. The molecule has 0 bridgehead atoms. The van der Waals surface area contributed by atoms with Gasteiger partial charge in [-0.1, -0.05) is 12.1 Å². The molecule has 1 unspecified atom stereocenters. The highest BCUT2D eigenvalue weighted by Gasteiger charge is 2.30. The summed E-state index contributed by atoms with van der Waals surface area (Å²) in [5.41, 5.74) is -0.137. The lowest BCUT2D eigenvalue weighted by atomic mass is 10.1. The summed E-state index contributed by atoms with van der Waals surface area (Å²) in [5, 5.41) is 9.64. The number of halogens is 3. The van der Waals surface area contributed by atoms with Crippen LogP contribution in [0.2, 0.25) is 0 Å². The number of aromatic nitrogens is 2. The van der Waals surface area contributed by atoms with E-state index >= 15 is 0 Å². The third-order valence-electron chi connectivity index (χ3n) is 4.13. The fourth-order valence-corrected chi connectivity index (χ4v) is 2.84. The van der Waals surface area contributed by atoms with Crippen LogP contribution in [-0.2, 0) is 12.7 Å². The lowest BCUT2D eigenvalue weighted by molar-refractivity contribution is -0.137. The predicted molar refractivity (Wildman–Crippen MR) is 88.4 cm³/mol. The maximum absolute atomic E-state index is 12.8. The molecule has 0 saturated carbocycles. The maximum atomic E-state index is 12.8. The summed E-state index contributed by atoms with van der Waals surface area (Å²) in [7, 11) is 1.73. The van der Waals surface area contributed by atoms with Gasteiger partial charge in [-0.25, -0.2) is 4.98 Å². The molecule has 2 heterocycles. The second kappa shape index (κ2) is 6.87. The van der Waals surface area contributed by atoms with E-state index in [1.807, 2.05) is 4.90 Å². The summed E-state index contributed by atoms with van der Waals surface area (Å²) >= 11 is 0. The van der Waals surface area contributed by atoms with Crippen LogP contribution in [0.5, 0.6) is 0 Å². The zero-order valence-electron chi connectivity index (χ0n) is 13.7. The van der Waals surface area contributed by atoms with Crippen molar-refractivity contribution < 1.29 is 18.3 Å². The monoisotopic (exact) mass is 352 g/mol. The highest BCUT2D eigenvalue weighted by molar-refractivity contribution is 5.45. The van der Waals surface area contributed by atoms with Crippen molar-refractivity contribution in [1.82, 2.24) is 9.97 Å². The zero-order valence-corrected chi connectivity index (χ0v) is 13.7. The van der Waals surface area contributed by atoms with Gasteiger partial charge < -0.3 is 14.9 Å². The van der Waals surface area contributed by atoms with E-state index in [2.05, 4.69) is 9.97 Å². The molecule has 1 aliphatic rings. The summed E-state index contributed by atoms with van der Waals surface area (Å²) in [6.07, 6.45) is -2.41. The fraction of sp³-hybridized carbons (Fsp3) is 0.412. The van der Waals surface area contributed by atoms with E-state index in [1.165, 1.54) is 6.07 Å². The summed E-state index contributed by atoms with van der Waals surface area (Å²) < 4.78 is 38.5. The molecule has 0 amide bonds.